The topological polar surface area (TPSA) is 246 Å². The van der Waals surface area contributed by atoms with E-state index in [9.17, 15) is 43.2 Å². The highest BCUT2D eigenvalue weighted by Gasteiger charge is 2.51. The molecule has 3 saturated carbocycles. The summed E-state index contributed by atoms with van der Waals surface area (Å²) in [6.07, 6.45) is 4.74. The van der Waals surface area contributed by atoms with Crippen LogP contribution >= 0.6 is 0 Å². The van der Waals surface area contributed by atoms with E-state index in [0.717, 1.165) is 74.5 Å². The average Bonchev–Trinajstić information content (AvgIpc) is 1.36. The van der Waals surface area contributed by atoms with E-state index in [1.54, 1.807) is 45.2 Å². The number of carbonyl (C=O) groups is 9. The van der Waals surface area contributed by atoms with Gasteiger partial charge in [-0.05, 0) is 135 Å². The summed E-state index contributed by atoms with van der Waals surface area (Å²) in [6.45, 7) is 30.2. The quantitative estimate of drug-likeness (QED) is 0.0427. The molecule has 19 nitrogen and oxygen atoms in total. The Morgan fingerprint density at radius 3 is 1.04 bits per heavy atom. The van der Waals surface area contributed by atoms with Gasteiger partial charge in [-0.1, -0.05) is 168 Å². The third-order valence-corrected chi connectivity index (χ3v) is 17.0. The zero-order valence-electron chi connectivity index (χ0n) is 56.2. The zero-order valence-corrected chi connectivity index (χ0v) is 56.2. The minimum absolute atomic E-state index is 0.0667. The highest BCUT2D eigenvalue weighted by atomic mass is 16.6. The molecule has 11 unspecified atom stereocenters. The summed E-state index contributed by atoms with van der Waals surface area (Å²) in [5.74, 6) is -4.83. The molecule has 1 heterocycles. The smallest absolute Gasteiger partial charge is 0.348 e. The maximum absolute atomic E-state index is 12.6. The largest absolute Gasteiger partial charge is 0.461 e. The summed E-state index contributed by atoms with van der Waals surface area (Å²) in [5.41, 5.74) is 1.15. The molecule has 8 rings (SSSR count). The Hall–Kier alpha value is -8.97. The summed E-state index contributed by atoms with van der Waals surface area (Å²) < 4.78 is 54.0. The van der Waals surface area contributed by atoms with Crippen LogP contribution in [0.3, 0.4) is 0 Å². The van der Waals surface area contributed by atoms with Gasteiger partial charge in [0.2, 0.25) is 0 Å². The number of benzene rings is 4. The molecule has 11 atom stereocenters. The maximum atomic E-state index is 12.6. The summed E-state index contributed by atoms with van der Waals surface area (Å²) in [4.78, 5) is 108. The van der Waals surface area contributed by atoms with Crippen LogP contribution in [-0.2, 0) is 113 Å². The Balaban J connectivity index is 0.000000227. The molecule has 0 spiro atoms. The van der Waals surface area contributed by atoms with Crippen molar-refractivity contribution in [3.63, 3.8) is 0 Å². The second kappa shape index (κ2) is 34.8. The zero-order chi connectivity index (χ0) is 69.6. The predicted molar refractivity (Wildman–Crippen MR) is 349 cm³/mol. The monoisotopic (exact) mass is 1300 g/mol. The van der Waals surface area contributed by atoms with E-state index in [0.29, 0.717) is 12.0 Å². The standard InChI is InChI=1S/C20H26O4.C19H24O5.C19H24O4.C17H18O6/c1-14(2)18(21)23-16(4)19(22)24-20(13-9-8-10-15(20)3)17-11-6-5-7-12-17;1-13(2)17(20)23-14(3)18(21)24-19(12-8-11-16(19)22-4)15-9-6-5-7-10-15;1-13(2)17(20)22-15(4)18(21)23-19(12-8-9-14(19)3)16-10-6-5-7-11-16;1-11(2)15(19)22-12(3)16(20)23-17(9-14(18)21-10-17)13-7-5-4-6-8-13/h5-7,11-12,15-16H,1,8-10,13H2,2-4H3;5-7,9-10,14,16H,1,8,11-12H2,2-4H3;5-7,10-11,14-15H,1,8-9,12H2,2-4H3;4-8,12H,1,9-10H2,2-3H3. The summed E-state index contributed by atoms with van der Waals surface area (Å²) in [7, 11) is 1.62. The number of esters is 9. The molecule has 4 fully saturated rings. The molecular weight excluding hydrogens is 1200 g/mol. The highest BCUT2D eigenvalue weighted by molar-refractivity contribution is 5.91. The van der Waals surface area contributed by atoms with Crippen molar-refractivity contribution >= 4 is 53.7 Å². The van der Waals surface area contributed by atoms with Crippen LogP contribution < -0.4 is 0 Å². The SMILES string of the molecule is C=C(C)C(=O)OC(C)C(=O)OC1(c2ccccc2)CCCC1C.C=C(C)C(=O)OC(C)C(=O)OC1(c2ccccc2)CCCC1OC.C=C(C)C(=O)OC(C)C(=O)OC1(c2ccccc2)CCCCC1C.C=C(C)C(=O)OC(C)C(=O)OC1(c2ccccc2)COC(=O)C1. The number of cyclic esters (lactones) is 1. The number of hydrogen-bond acceptors (Lipinski definition) is 19. The molecule has 19 heteroatoms. The fourth-order valence-electron chi connectivity index (χ4n) is 11.6. The first kappa shape index (κ1) is 75.7. The Morgan fingerprint density at radius 2 is 0.723 bits per heavy atom. The van der Waals surface area contributed by atoms with Crippen LogP contribution in [0.15, 0.2) is 170 Å². The van der Waals surface area contributed by atoms with Gasteiger partial charge >= 0.3 is 53.7 Å². The van der Waals surface area contributed by atoms with Crippen LogP contribution in [0.2, 0.25) is 0 Å². The lowest BCUT2D eigenvalue weighted by atomic mass is 9.72. The minimum Gasteiger partial charge on any atom is -0.461 e. The second-order valence-electron chi connectivity index (χ2n) is 24.5. The van der Waals surface area contributed by atoms with Gasteiger partial charge in [0.15, 0.2) is 35.6 Å². The van der Waals surface area contributed by atoms with Crippen LogP contribution in [0.5, 0.6) is 0 Å². The van der Waals surface area contributed by atoms with E-state index in [4.69, 9.17) is 47.4 Å². The number of hydrogen-bond donors (Lipinski definition) is 0. The lowest BCUT2D eigenvalue weighted by molar-refractivity contribution is -0.188. The van der Waals surface area contributed by atoms with E-state index in [-0.39, 0.29) is 53.3 Å². The van der Waals surface area contributed by atoms with E-state index >= 15 is 0 Å². The maximum Gasteiger partial charge on any atom is 0.348 e. The van der Waals surface area contributed by atoms with Crippen LogP contribution in [0.25, 0.3) is 0 Å². The molecule has 4 aromatic rings. The van der Waals surface area contributed by atoms with Gasteiger partial charge in [-0.25, -0.2) is 38.4 Å². The van der Waals surface area contributed by atoms with Crippen molar-refractivity contribution < 1.29 is 90.5 Å². The third kappa shape index (κ3) is 19.8. The molecule has 0 N–H and O–H groups in total. The normalized spacial score (nSPS) is 23.7. The molecule has 0 aromatic heterocycles. The molecule has 94 heavy (non-hydrogen) atoms. The minimum atomic E-state index is -1.20. The molecule has 0 bridgehead atoms. The average molecular weight is 1300 g/mol. The number of ether oxygens (including phenoxy) is 10. The van der Waals surface area contributed by atoms with Crippen molar-refractivity contribution in [1.82, 2.24) is 0 Å². The van der Waals surface area contributed by atoms with Gasteiger partial charge in [-0.3, -0.25) is 4.79 Å². The molecule has 0 amide bonds. The Labute approximate surface area is 552 Å². The van der Waals surface area contributed by atoms with E-state index in [2.05, 4.69) is 40.2 Å². The lowest BCUT2D eigenvalue weighted by Gasteiger charge is -2.42. The van der Waals surface area contributed by atoms with Crippen LogP contribution in [0.4, 0.5) is 0 Å². The van der Waals surface area contributed by atoms with Crippen LogP contribution in [-0.4, -0.2) is 98.0 Å². The Kier molecular flexibility index (Phi) is 28.0. The van der Waals surface area contributed by atoms with E-state index in [1.165, 1.54) is 41.5 Å². The van der Waals surface area contributed by atoms with Crippen molar-refractivity contribution in [3.8, 4) is 0 Å². The summed E-state index contributed by atoms with van der Waals surface area (Å²) >= 11 is 0. The van der Waals surface area contributed by atoms with E-state index < -0.39 is 101 Å². The van der Waals surface area contributed by atoms with Crippen molar-refractivity contribution in [2.24, 2.45) is 11.8 Å². The summed E-state index contributed by atoms with van der Waals surface area (Å²) in [5, 5.41) is 0. The molecule has 506 valence electrons. The molecule has 4 aliphatic rings. The first-order valence-corrected chi connectivity index (χ1v) is 31.8. The molecule has 4 aromatic carbocycles. The van der Waals surface area contributed by atoms with Gasteiger partial charge in [-0.2, -0.15) is 0 Å². The lowest BCUT2D eigenvalue weighted by Crippen LogP contribution is -2.43. The molecular formula is C75H92O19. The fourth-order valence-corrected chi connectivity index (χ4v) is 11.6. The molecule has 0 radical (unpaired) electrons. The van der Waals surface area contributed by atoms with Crippen molar-refractivity contribution in [2.45, 2.75) is 193 Å². The fraction of sp³-hybridized carbons (Fsp3) is 0.453. The van der Waals surface area contributed by atoms with Crippen molar-refractivity contribution in [2.75, 3.05) is 13.7 Å². The predicted octanol–water partition coefficient (Wildman–Crippen LogP) is 12.9. The second-order valence-corrected chi connectivity index (χ2v) is 24.5. The molecule has 1 saturated heterocycles. The van der Waals surface area contributed by atoms with Gasteiger partial charge in [0, 0.05) is 41.2 Å². The first-order chi connectivity index (χ1) is 44.5. The highest BCUT2D eigenvalue weighted by Crippen LogP contribution is 2.48. The third-order valence-electron chi connectivity index (χ3n) is 17.0. The van der Waals surface area contributed by atoms with E-state index in [1.807, 2.05) is 97.1 Å². The Bertz CT molecular complexity index is 3240. The molecule has 3 aliphatic carbocycles. The molecule has 1 aliphatic heterocycles. The van der Waals surface area contributed by atoms with Gasteiger partial charge < -0.3 is 47.4 Å². The van der Waals surface area contributed by atoms with Gasteiger partial charge in [0.05, 0.1) is 6.42 Å². The van der Waals surface area contributed by atoms with Crippen molar-refractivity contribution in [1.29, 1.82) is 0 Å². The first-order valence-electron chi connectivity index (χ1n) is 31.8. The van der Waals surface area contributed by atoms with Gasteiger partial charge in [-0.15, -0.1) is 0 Å². The van der Waals surface area contributed by atoms with Crippen molar-refractivity contribution in [3.05, 3.63) is 192 Å². The summed E-state index contributed by atoms with van der Waals surface area (Å²) in [6, 6.07) is 38.1. The number of carbonyl (C=O) groups excluding carboxylic acids is 9. The van der Waals surface area contributed by atoms with Gasteiger partial charge in [0.25, 0.3) is 0 Å². The van der Waals surface area contributed by atoms with Gasteiger partial charge in [0.1, 0.15) is 23.9 Å². The van der Waals surface area contributed by atoms with Crippen LogP contribution in [0, 0.1) is 11.8 Å². The number of rotatable bonds is 21. The Morgan fingerprint density at radius 1 is 0.426 bits per heavy atom. The van der Waals surface area contributed by atoms with Crippen LogP contribution in [0.1, 0.15) is 162 Å². The number of methoxy groups -OCH3 is 1.